The van der Waals surface area contributed by atoms with Crippen LogP contribution in [0.4, 0.5) is 4.79 Å². The van der Waals surface area contributed by atoms with Crippen LogP contribution in [0, 0.1) is 6.92 Å². The number of ether oxygens (including phenoxy) is 3. The van der Waals surface area contributed by atoms with Crippen LogP contribution in [0.1, 0.15) is 42.2 Å². The normalized spacial score (nSPS) is 16.6. The van der Waals surface area contributed by atoms with E-state index in [0.717, 1.165) is 11.3 Å². The molecule has 0 bridgehead atoms. The molecular weight excluding hydrogens is 634 g/mol. The predicted molar refractivity (Wildman–Crippen MR) is 177 cm³/mol. The van der Waals surface area contributed by atoms with E-state index in [1.54, 1.807) is 36.1 Å². The van der Waals surface area contributed by atoms with Crippen molar-refractivity contribution in [2.24, 2.45) is 0 Å². The van der Waals surface area contributed by atoms with Crippen LogP contribution in [0.5, 0.6) is 11.5 Å². The van der Waals surface area contributed by atoms with Crippen molar-refractivity contribution in [1.82, 2.24) is 25.0 Å². The Hall–Kier alpha value is -5.40. The molecule has 0 spiro atoms. The molecule has 14 heteroatoms. The number of benzene rings is 2. The lowest BCUT2D eigenvalue weighted by molar-refractivity contribution is -0.138. The number of nitrogens with one attached hydrogen (secondary N) is 1. The number of carbonyl (C=O) groups excluding carboxylic acids is 4. The van der Waals surface area contributed by atoms with Crippen LogP contribution < -0.4 is 14.8 Å². The van der Waals surface area contributed by atoms with Crippen LogP contribution in [-0.4, -0.2) is 119 Å². The Morgan fingerprint density at radius 1 is 0.939 bits per heavy atom. The van der Waals surface area contributed by atoms with Gasteiger partial charge in [0.2, 0.25) is 5.91 Å². The molecule has 49 heavy (non-hydrogen) atoms. The van der Waals surface area contributed by atoms with Gasteiger partial charge in [-0.3, -0.25) is 19.2 Å². The molecule has 2 saturated heterocycles. The van der Waals surface area contributed by atoms with E-state index in [0.29, 0.717) is 30.4 Å². The maximum Gasteiger partial charge on any atom is 0.409 e. The van der Waals surface area contributed by atoms with Crippen molar-refractivity contribution in [3.05, 3.63) is 65.9 Å². The van der Waals surface area contributed by atoms with Crippen molar-refractivity contribution < 1.29 is 43.3 Å². The molecule has 2 aliphatic rings. The van der Waals surface area contributed by atoms with Crippen molar-refractivity contribution in [2.75, 3.05) is 52.5 Å². The topological polar surface area (TPSA) is 168 Å². The van der Waals surface area contributed by atoms with E-state index in [4.69, 9.17) is 14.2 Å². The zero-order chi connectivity index (χ0) is 34.9. The highest BCUT2D eigenvalue weighted by atomic mass is 16.6. The molecule has 14 nitrogen and oxygen atoms in total. The lowest BCUT2D eigenvalue weighted by Gasteiger charge is -2.35. The standard InChI is InChI=1S/C35H41N5O9/c1-3-47-35(46)39-18-16-38(17-19-39)34(45)27(12-13-32(42)43)37-33(44)28-20-30(25-9-5-6-10-26(25)36-28)48-22-31(41)40-15-14-24(21-40)49-29-11-7-4-8-23(29)2/h4-11,20,24,27H,3,12-19,21-22H2,1-2H3,(H,37,44)(H,42,43). The maximum atomic E-state index is 13.5. The second-order valence-corrected chi connectivity index (χ2v) is 11.9. The summed E-state index contributed by atoms with van der Waals surface area (Å²) in [6.45, 7) is 5.47. The third-order valence-corrected chi connectivity index (χ3v) is 8.51. The zero-order valence-corrected chi connectivity index (χ0v) is 27.6. The summed E-state index contributed by atoms with van der Waals surface area (Å²) in [7, 11) is 0. The summed E-state index contributed by atoms with van der Waals surface area (Å²) >= 11 is 0. The molecule has 4 amide bonds. The first-order valence-corrected chi connectivity index (χ1v) is 16.4. The summed E-state index contributed by atoms with van der Waals surface area (Å²) in [5.41, 5.74) is 1.40. The number of hydrogen-bond donors (Lipinski definition) is 2. The smallest absolute Gasteiger partial charge is 0.409 e. The third-order valence-electron chi connectivity index (χ3n) is 8.51. The maximum absolute atomic E-state index is 13.5. The number of carbonyl (C=O) groups is 5. The van der Waals surface area contributed by atoms with E-state index in [1.165, 1.54) is 15.9 Å². The second kappa shape index (κ2) is 16.1. The predicted octanol–water partition coefficient (Wildman–Crippen LogP) is 2.87. The Kier molecular flexibility index (Phi) is 11.5. The van der Waals surface area contributed by atoms with E-state index >= 15 is 0 Å². The van der Waals surface area contributed by atoms with E-state index in [-0.39, 0.29) is 75.7 Å². The molecule has 0 radical (unpaired) electrons. The molecule has 1 aromatic heterocycles. The van der Waals surface area contributed by atoms with Crippen LogP contribution in [-0.2, 0) is 19.1 Å². The first-order chi connectivity index (χ1) is 23.6. The molecule has 3 aromatic rings. The summed E-state index contributed by atoms with van der Waals surface area (Å²) in [6.07, 6.45) is -0.419. The lowest BCUT2D eigenvalue weighted by Crippen LogP contribution is -2.56. The SMILES string of the molecule is CCOC(=O)N1CCN(C(=O)C(CCC(=O)O)NC(=O)c2cc(OCC(=O)N3CCC(Oc4ccccc4C)C3)c3ccccc3n2)CC1. The highest BCUT2D eigenvalue weighted by molar-refractivity contribution is 5.99. The van der Waals surface area contributed by atoms with Crippen LogP contribution >= 0.6 is 0 Å². The first kappa shape index (κ1) is 34.9. The number of hydrogen-bond acceptors (Lipinski definition) is 9. The van der Waals surface area contributed by atoms with Crippen molar-refractivity contribution >= 4 is 40.7 Å². The number of fused-ring (bicyclic) bond motifs is 1. The van der Waals surface area contributed by atoms with Gasteiger partial charge in [-0.25, -0.2) is 9.78 Å². The Bertz CT molecular complexity index is 1690. The Morgan fingerprint density at radius 3 is 2.39 bits per heavy atom. The minimum atomic E-state index is -1.15. The van der Waals surface area contributed by atoms with Crippen molar-refractivity contribution in [3.8, 4) is 11.5 Å². The molecule has 3 heterocycles. The minimum Gasteiger partial charge on any atom is -0.488 e. The monoisotopic (exact) mass is 675 g/mol. The quantitative estimate of drug-likeness (QED) is 0.291. The van der Waals surface area contributed by atoms with Gasteiger partial charge in [0, 0.05) is 57.0 Å². The zero-order valence-electron chi connectivity index (χ0n) is 27.6. The Labute approximate surface area is 283 Å². The number of piperazine rings is 1. The summed E-state index contributed by atoms with van der Waals surface area (Å²) in [5, 5.41) is 12.6. The van der Waals surface area contributed by atoms with Gasteiger partial charge in [0.25, 0.3) is 11.8 Å². The fraction of sp³-hybridized carbons (Fsp3) is 0.429. The fourth-order valence-corrected chi connectivity index (χ4v) is 5.83. The Balaban J connectivity index is 1.25. The van der Waals surface area contributed by atoms with Gasteiger partial charge >= 0.3 is 12.1 Å². The number of aryl methyl sites for hydroxylation is 1. The molecule has 2 fully saturated rings. The number of rotatable bonds is 12. The van der Waals surface area contributed by atoms with Crippen molar-refractivity contribution in [3.63, 3.8) is 0 Å². The van der Waals surface area contributed by atoms with E-state index < -0.39 is 29.9 Å². The van der Waals surface area contributed by atoms with Gasteiger partial charge in [0.05, 0.1) is 18.7 Å². The number of para-hydroxylation sites is 2. The minimum absolute atomic E-state index is 0.0609. The van der Waals surface area contributed by atoms with Crippen molar-refractivity contribution in [2.45, 2.75) is 45.3 Å². The molecular formula is C35H41N5O9. The summed E-state index contributed by atoms with van der Waals surface area (Å²) in [5.74, 6) is -1.46. The summed E-state index contributed by atoms with van der Waals surface area (Å²) in [6, 6.07) is 15.0. The molecule has 2 aromatic carbocycles. The highest BCUT2D eigenvalue weighted by Crippen LogP contribution is 2.27. The molecule has 0 saturated carbocycles. The average molecular weight is 676 g/mol. The van der Waals surface area contributed by atoms with Crippen LogP contribution in [0.15, 0.2) is 54.6 Å². The van der Waals surface area contributed by atoms with Crippen LogP contribution in [0.2, 0.25) is 0 Å². The van der Waals surface area contributed by atoms with Gasteiger partial charge in [-0.15, -0.1) is 0 Å². The lowest BCUT2D eigenvalue weighted by atomic mass is 10.1. The van der Waals surface area contributed by atoms with Gasteiger partial charge in [-0.2, -0.15) is 0 Å². The van der Waals surface area contributed by atoms with Gasteiger partial charge < -0.3 is 39.3 Å². The number of carboxylic acid groups (broad SMARTS) is 1. The number of aliphatic carboxylic acids is 1. The number of likely N-dealkylation sites (tertiary alicyclic amines) is 1. The fourth-order valence-electron chi connectivity index (χ4n) is 5.83. The molecule has 2 atom stereocenters. The highest BCUT2D eigenvalue weighted by Gasteiger charge is 2.32. The van der Waals surface area contributed by atoms with Gasteiger partial charge in [-0.1, -0.05) is 30.3 Å². The van der Waals surface area contributed by atoms with Crippen molar-refractivity contribution in [1.29, 1.82) is 0 Å². The number of aromatic nitrogens is 1. The molecule has 5 rings (SSSR count). The van der Waals surface area contributed by atoms with Gasteiger partial charge in [0.15, 0.2) is 6.61 Å². The van der Waals surface area contributed by atoms with Gasteiger partial charge in [-0.05, 0) is 44.0 Å². The van der Waals surface area contributed by atoms with E-state index in [1.807, 2.05) is 31.2 Å². The Morgan fingerprint density at radius 2 is 1.65 bits per heavy atom. The van der Waals surface area contributed by atoms with Crippen LogP contribution in [0.25, 0.3) is 10.9 Å². The van der Waals surface area contributed by atoms with E-state index in [2.05, 4.69) is 10.3 Å². The largest absolute Gasteiger partial charge is 0.488 e. The third kappa shape index (κ3) is 8.95. The first-order valence-electron chi connectivity index (χ1n) is 16.4. The molecule has 2 unspecified atom stereocenters. The number of nitrogens with zero attached hydrogens (tertiary/aromatic N) is 4. The summed E-state index contributed by atoms with van der Waals surface area (Å²) < 4.78 is 17.1. The second-order valence-electron chi connectivity index (χ2n) is 11.9. The summed E-state index contributed by atoms with van der Waals surface area (Å²) in [4.78, 5) is 72.8. The molecule has 2 aliphatic heterocycles. The average Bonchev–Trinajstić information content (AvgIpc) is 3.58. The molecule has 2 N–H and O–H groups in total. The van der Waals surface area contributed by atoms with Crippen LogP contribution in [0.3, 0.4) is 0 Å². The van der Waals surface area contributed by atoms with Gasteiger partial charge in [0.1, 0.15) is 29.3 Å². The van der Waals surface area contributed by atoms with E-state index in [9.17, 15) is 29.1 Å². The molecule has 260 valence electrons. The number of amides is 4. The number of carboxylic acids is 1. The molecule has 0 aliphatic carbocycles. The number of pyridine rings is 1.